The number of aromatic amines is 1. The zero-order valence-corrected chi connectivity index (χ0v) is 11.9. The maximum Gasteiger partial charge on any atom is 0.271 e. The van der Waals surface area contributed by atoms with Crippen LogP contribution in [0.4, 0.5) is 0 Å². The average Bonchev–Trinajstić information content (AvgIpc) is 3.03. The number of hydrogen-bond donors (Lipinski definition) is 2. The van der Waals surface area contributed by atoms with E-state index in [0.717, 1.165) is 18.5 Å². The van der Waals surface area contributed by atoms with Crippen molar-refractivity contribution in [1.29, 1.82) is 0 Å². The molecule has 8 heteroatoms. The van der Waals surface area contributed by atoms with Crippen LogP contribution in [0.3, 0.4) is 0 Å². The number of sulfonamides is 1. The summed E-state index contributed by atoms with van der Waals surface area (Å²) in [5.74, 6) is 0.481. The fourth-order valence-corrected chi connectivity index (χ4v) is 3.91. The maximum absolute atomic E-state index is 11.9. The minimum absolute atomic E-state index is 0.213. The number of nitrogens with zero attached hydrogens (tertiary/aromatic N) is 2. The van der Waals surface area contributed by atoms with Crippen LogP contribution in [-0.4, -0.2) is 54.2 Å². The van der Waals surface area contributed by atoms with Gasteiger partial charge >= 0.3 is 0 Å². The molecule has 3 rings (SSSR count). The van der Waals surface area contributed by atoms with Crippen LogP contribution in [0.15, 0.2) is 6.07 Å². The first-order valence-electron chi connectivity index (χ1n) is 6.87. The molecule has 2 aliphatic rings. The predicted molar refractivity (Wildman–Crippen MR) is 72.9 cm³/mol. The van der Waals surface area contributed by atoms with Crippen LogP contribution in [-0.2, 0) is 10.0 Å². The average molecular weight is 298 g/mol. The molecule has 2 fully saturated rings. The molecule has 2 heterocycles. The fourth-order valence-electron chi connectivity index (χ4n) is 2.38. The molecule has 20 heavy (non-hydrogen) atoms. The van der Waals surface area contributed by atoms with Crippen LogP contribution in [0.5, 0.6) is 0 Å². The monoisotopic (exact) mass is 298 g/mol. The van der Waals surface area contributed by atoms with E-state index >= 15 is 0 Å². The lowest BCUT2D eigenvalue weighted by atomic mass is 10.2. The number of nitrogens with one attached hydrogen (secondary N) is 2. The number of carbonyl (C=O) groups is 1. The van der Waals surface area contributed by atoms with E-state index in [9.17, 15) is 13.2 Å². The van der Waals surface area contributed by atoms with Crippen LogP contribution in [0, 0.1) is 0 Å². The Labute approximate surface area is 117 Å². The topological polar surface area (TPSA) is 95.2 Å². The van der Waals surface area contributed by atoms with Gasteiger partial charge in [-0.2, -0.15) is 5.10 Å². The van der Waals surface area contributed by atoms with E-state index in [-0.39, 0.29) is 11.7 Å². The summed E-state index contributed by atoms with van der Waals surface area (Å²) in [7, 11) is -3.09. The molecular weight excluding hydrogens is 280 g/mol. The zero-order valence-electron chi connectivity index (χ0n) is 11.1. The summed E-state index contributed by atoms with van der Waals surface area (Å²) >= 11 is 0. The van der Waals surface area contributed by atoms with E-state index in [0.29, 0.717) is 37.7 Å². The van der Waals surface area contributed by atoms with Gasteiger partial charge in [-0.3, -0.25) is 9.89 Å². The zero-order chi connectivity index (χ0) is 14.2. The summed E-state index contributed by atoms with van der Waals surface area (Å²) in [5.41, 5.74) is 1.38. The third-order valence-corrected chi connectivity index (χ3v) is 5.65. The quantitative estimate of drug-likeness (QED) is 0.803. The van der Waals surface area contributed by atoms with Gasteiger partial charge in [-0.25, -0.2) is 12.7 Å². The molecule has 0 atom stereocenters. The molecule has 2 N–H and O–H groups in total. The molecule has 0 bridgehead atoms. The second-order valence-corrected chi connectivity index (χ2v) is 7.40. The van der Waals surface area contributed by atoms with Crippen molar-refractivity contribution in [3.8, 4) is 0 Å². The summed E-state index contributed by atoms with van der Waals surface area (Å²) in [6.45, 7) is 1.18. The summed E-state index contributed by atoms with van der Waals surface area (Å²) < 4.78 is 24.6. The van der Waals surface area contributed by atoms with Gasteiger partial charge in [-0.15, -0.1) is 0 Å². The van der Waals surface area contributed by atoms with Crippen molar-refractivity contribution >= 4 is 15.9 Å². The molecule has 1 saturated carbocycles. The molecule has 1 aliphatic heterocycles. The highest BCUT2D eigenvalue weighted by atomic mass is 32.2. The van der Waals surface area contributed by atoms with Crippen molar-refractivity contribution in [1.82, 2.24) is 19.8 Å². The highest BCUT2D eigenvalue weighted by Gasteiger charge is 2.28. The van der Waals surface area contributed by atoms with Crippen molar-refractivity contribution in [3.05, 3.63) is 17.5 Å². The molecule has 1 aliphatic carbocycles. The molecule has 1 saturated heterocycles. The van der Waals surface area contributed by atoms with Gasteiger partial charge in [0.2, 0.25) is 10.0 Å². The first kappa shape index (κ1) is 13.6. The van der Waals surface area contributed by atoms with E-state index in [2.05, 4.69) is 15.5 Å². The Kier molecular flexibility index (Phi) is 3.51. The number of aromatic nitrogens is 2. The van der Waals surface area contributed by atoms with Crippen molar-refractivity contribution in [2.45, 2.75) is 25.2 Å². The van der Waals surface area contributed by atoms with E-state index in [4.69, 9.17) is 0 Å². The third-order valence-electron chi connectivity index (χ3n) is 3.70. The Morgan fingerprint density at radius 2 is 2.30 bits per heavy atom. The second-order valence-electron chi connectivity index (χ2n) is 5.31. The van der Waals surface area contributed by atoms with Crippen molar-refractivity contribution in [2.75, 3.05) is 25.4 Å². The second kappa shape index (κ2) is 5.17. The molecule has 0 radical (unpaired) electrons. The van der Waals surface area contributed by atoms with Crippen LogP contribution >= 0.6 is 0 Å². The molecule has 0 spiro atoms. The first-order valence-corrected chi connectivity index (χ1v) is 8.48. The Morgan fingerprint density at radius 3 is 2.95 bits per heavy atom. The number of hydrogen-bond acceptors (Lipinski definition) is 4. The standard InChI is InChI=1S/C12H18N4O3S/c17-12(11-8-10(14-15-11)9-2-3-9)13-4-6-16-5-1-7-20(16,18)19/h8-9H,1-7H2,(H,13,17)(H,14,15). The van der Waals surface area contributed by atoms with E-state index < -0.39 is 10.0 Å². The molecule has 1 amide bonds. The summed E-state index contributed by atoms with van der Waals surface area (Å²) in [4.78, 5) is 11.9. The van der Waals surface area contributed by atoms with Gasteiger partial charge < -0.3 is 5.32 Å². The molecule has 7 nitrogen and oxygen atoms in total. The predicted octanol–water partition coefficient (Wildman–Crippen LogP) is 0.0524. The molecule has 0 aromatic carbocycles. The molecular formula is C12H18N4O3S. The highest BCUT2D eigenvalue weighted by Crippen LogP contribution is 2.38. The van der Waals surface area contributed by atoms with E-state index in [1.165, 1.54) is 4.31 Å². The summed E-state index contributed by atoms with van der Waals surface area (Å²) in [5, 5.41) is 9.57. The molecule has 1 aromatic rings. The SMILES string of the molecule is O=C(NCCN1CCCS1(=O)=O)c1cc(C2CC2)[nH]n1. The number of amides is 1. The minimum Gasteiger partial charge on any atom is -0.349 e. The Bertz CT molecular complexity index is 606. The number of carbonyl (C=O) groups excluding carboxylic acids is 1. The van der Waals surface area contributed by atoms with Crippen molar-refractivity contribution < 1.29 is 13.2 Å². The van der Waals surface area contributed by atoms with Gasteiger partial charge in [0.05, 0.1) is 5.75 Å². The number of rotatable bonds is 5. The largest absolute Gasteiger partial charge is 0.349 e. The van der Waals surface area contributed by atoms with E-state index in [1.54, 1.807) is 6.07 Å². The summed E-state index contributed by atoms with van der Waals surface area (Å²) in [6, 6.07) is 1.78. The molecule has 0 unspecified atom stereocenters. The van der Waals surface area contributed by atoms with Crippen LogP contribution in [0.2, 0.25) is 0 Å². The Morgan fingerprint density at radius 1 is 1.50 bits per heavy atom. The highest BCUT2D eigenvalue weighted by molar-refractivity contribution is 7.89. The van der Waals surface area contributed by atoms with Crippen molar-refractivity contribution in [3.63, 3.8) is 0 Å². The maximum atomic E-state index is 11.9. The lowest BCUT2D eigenvalue weighted by Gasteiger charge is -2.13. The van der Waals surface area contributed by atoms with Crippen LogP contribution in [0.1, 0.15) is 41.4 Å². The Hall–Kier alpha value is -1.41. The van der Waals surface area contributed by atoms with Gasteiger partial charge in [-0.05, 0) is 25.3 Å². The van der Waals surface area contributed by atoms with Crippen LogP contribution < -0.4 is 5.32 Å². The van der Waals surface area contributed by atoms with E-state index in [1.807, 2.05) is 0 Å². The lowest BCUT2D eigenvalue weighted by molar-refractivity contribution is 0.0947. The lowest BCUT2D eigenvalue weighted by Crippen LogP contribution is -2.36. The van der Waals surface area contributed by atoms with Crippen molar-refractivity contribution in [2.24, 2.45) is 0 Å². The van der Waals surface area contributed by atoms with Gasteiger partial charge in [0.25, 0.3) is 5.91 Å². The minimum atomic E-state index is -3.09. The van der Waals surface area contributed by atoms with Crippen LogP contribution in [0.25, 0.3) is 0 Å². The van der Waals surface area contributed by atoms with Gasteiger partial charge in [0.15, 0.2) is 0 Å². The molecule has 110 valence electrons. The third kappa shape index (κ3) is 2.85. The Balaban J connectivity index is 1.49. The first-order chi connectivity index (χ1) is 9.56. The normalized spacial score (nSPS) is 22.0. The fraction of sp³-hybridized carbons (Fsp3) is 0.667. The smallest absolute Gasteiger partial charge is 0.271 e. The van der Waals surface area contributed by atoms with Gasteiger partial charge in [0.1, 0.15) is 5.69 Å². The number of H-pyrrole nitrogens is 1. The molecule has 1 aromatic heterocycles. The van der Waals surface area contributed by atoms with Gasteiger partial charge in [0, 0.05) is 31.2 Å². The van der Waals surface area contributed by atoms with Gasteiger partial charge in [-0.1, -0.05) is 0 Å². The summed E-state index contributed by atoms with van der Waals surface area (Å²) in [6.07, 6.45) is 2.96.